The van der Waals surface area contributed by atoms with Crippen molar-refractivity contribution >= 4 is 33.7 Å². The number of carboxylic acid groups (broad SMARTS) is 1. The summed E-state index contributed by atoms with van der Waals surface area (Å²) in [6.45, 7) is 1.71. The number of thiophene rings is 1. The number of carboxylic acids is 1. The molecule has 2 heterocycles. The zero-order chi connectivity index (χ0) is 15.7. The summed E-state index contributed by atoms with van der Waals surface area (Å²) in [4.78, 5) is 28.1. The fraction of sp³-hybridized carbons (Fsp3) is 0.0667. The van der Waals surface area contributed by atoms with E-state index in [-0.39, 0.29) is 11.1 Å². The Kier molecular flexibility index (Phi) is 3.56. The van der Waals surface area contributed by atoms with Gasteiger partial charge in [0.15, 0.2) is 0 Å². The van der Waals surface area contributed by atoms with Crippen molar-refractivity contribution in [2.45, 2.75) is 6.92 Å². The van der Waals surface area contributed by atoms with Crippen LogP contribution in [0.1, 0.15) is 21.7 Å². The van der Waals surface area contributed by atoms with Gasteiger partial charge in [0.05, 0.1) is 17.2 Å². The lowest BCUT2D eigenvalue weighted by Gasteiger charge is -2.02. The third-order valence-corrected chi connectivity index (χ3v) is 3.92. The molecule has 1 aromatic carbocycles. The van der Waals surface area contributed by atoms with E-state index in [0.717, 1.165) is 0 Å². The Morgan fingerprint density at radius 1 is 1.32 bits per heavy atom. The van der Waals surface area contributed by atoms with Gasteiger partial charge in [0, 0.05) is 0 Å². The van der Waals surface area contributed by atoms with Gasteiger partial charge in [-0.2, -0.15) is 9.78 Å². The first-order valence-corrected chi connectivity index (χ1v) is 7.29. The predicted molar refractivity (Wildman–Crippen MR) is 85.0 cm³/mol. The Morgan fingerprint density at radius 2 is 2.05 bits per heavy atom. The molecule has 0 fully saturated rings. The first-order valence-electron chi connectivity index (χ1n) is 6.41. The highest BCUT2D eigenvalue weighted by molar-refractivity contribution is 7.16. The van der Waals surface area contributed by atoms with Gasteiger partial charge in [-0.25, -0.2) is 9.78 Å². The van der Waals surface area contributed by atoms with Crippen LogP contribution in [-0.2, 0) is 0 Å². The molecule has 3 rings (SSSR count). The Labute approximate surface area is 129 Å². The third-order valence-electron chi connectivity index (χ3n) is 3.12. The molecule has 0 saturated carbocycles. The van der Waals surface area contributed by atoms with Crippen LogP contribution in [0, 0.1) is 6.92 Å². The SMILES string of the molecule is Cc1nc2sccc2c(=O)n1/N=C\c1ccc(C(=O)O)cc1. The minimum atomic E-state index is -0.984. The van der Waals surface area contributed by atoms with Gasteiger partial charge >= 0.3 is 5.97 Å². The fourth-order valence-corrected chi connectivity index (χ4v) is 2.78. The van der Waals surface area contributed by atoms with Crippen molar-refractivity contribution in [3.05, 3.63) is 63.0 Å². The molecule has 22 heavy (non-hydrogen) atoms. The fourth-order valence-electron chi connectivity index (χ4n) is 1.98. The van der Waals surface area contributed by atoms with E-state index in [1.807, 2.05) is 5.38 Å². The molecule has 0 amide bonds. The second-order valence-electron chi connectivity index (χ2n) is 4.59. The Bertz CT molecular complexity index is 939. The summed E-state index contributed by atoms with van der Waals surface area (Å²) >= 11 is 1.41. The van der Waals surface area contributed by atoms with Gasteiger partial charge in [-0.1, -0.05) is 12.1 Å². The van der Waals surface area contributed by atoms with Crippen LogP contribution in [0.5, 0.6) is 0 Å². The van der Waals surface area contributed by atoms with Gasteiger partial charge in [0.2, 0.25) is 0 Å². The lowest BCUT2D eigenvalue weighted by Crippen LogP contribution is -2.19. The Balaban J connectivity index is 1.98. The average molecular weight is 313 g/mol. The first kappa shape index (κ1) is 14.2. The topological polar surface area (TPSA) is 84.5 Å². The van der Waals surface area contributed by atoms with Crippen molar-refractivity contribution < 1.29 is 9.90 Å². The van der Waals surface area contributed by atoms with Crippen molar-refractivity contribution in [3.63, 3.8) is 0 Å². The van der Waals surface area contributed by atoms with Gasteiger partial charge in [0.1, 0.15) is 10.7 Å². The maximum atomic E-state index is 12.3. The normalized spacial score (nSPS) is 11.3. The Morgan fingerprint density at radius 3 is 2.73 bits per heavy atom. The summed E-state index contributed by atoms with van der Waals surface area (Å²) in [6, 6.07) is 7.95. The maximum absolute atomic E-state index is 12.3. The van der Waals surface area contributed by atoms with Gasteiger partial charge < -0.3 is 5.11 Å². The molecule has 0 unspecified atom stereocenters. The van der Waals surface area contributed by atoms with Crippen LogP contribution < -0.4 is 5.56 Å². The van der Waals surface area contributed by atoms with Crippen LogP contribution in [-0.4, -0.2) is 27.0 Å². The minimum Gasteiger partial charge on any atom is -0.478 e. The molecular formula is C15H11N3O3S. The molecule has 0 saturated heterocycles. The van der Waals surface area contributed by atoms with Crippen molar-refractivity contribution in [2.75, 3.05) is 0 Å². The lowest BCUT2D eigenvalue weighted by atomic mass is 10.1. The van der Waals surface area contributed by atoms with Crippen molar-refractivity contribution in [1.82, 2.24) is 9.66 Å². The molecule has 0 spiro atoms. The zero-order valence-corrected chi connectivity index (χ0v) is 12.4. The standard InChI is InChI=1S/C15H11N3O3S/c1-9-17-13-12(6-7-22-13)14(19)18(9)16-8-10-2-4-11(5-3-10)15(20)21/h2-8H,1H3,(H,20,21)/b16-8-. The van der Waals surface area contributed by atoms with Crippen LogP contribution >= 0.6 is 11.3 Å². The molecule has 110 valence electrons. The largest absolute Gasteiger partial charge is 0.478 e. The summed E-state index contributed by atoms with van der Waals surface area (Å²) in [6.07, 6.45) is 1.50. The molecule has 7 heteroatoms. The summed E-state index contributed by atoms with van der Waals surface area (Å²) in [5.74, 6) is -0.485. The van der Waals surface area contributed by atoms with Crippen LogP contribution in [0.25, 0.3) is 10.2 Å². The van der Waals surface area contributed by atoms with Crippen LogP contribution in [0.2, 0.25) is 0 Å². The number of aromatic carboxylic acids is 1. The molecular weight excluding hydrogens is 302 g/mol. The van der Waals surface area contributed by atoms with Gasteiger partial charge in [-0.15, -0.1) is 11.3 Å². The quantitative estimate of drug-likeness (QED) is 0.752. The molecule has 0 aliphatic heterocycles. The number of aryl methyl sites for hydroxylation is 1. The van der Waals surface area contributed by atoms with E-state index >= 15 is 0 Å². The number of rotatable bonds is 3. The number of fused-ring (bicyclic) bond motifs is 1. The molecule has 0 aliphatic carbocycles. The number of benzene rings is 1. The number of hydrogen-bond acceptors (Lipinski definition) is 5. The minimum absolute atomic E-state index is 0.201. The van der Waals surface area contributed by atoms with Gasteiger partial charge in [0.25, 0.3) is 5.56 Å². The van der Waals surface area contributed by atoms with Crippen molar-refractivity contribution in [1.29, 1.82) is 0 Å². The van der Waals surface area contributed by atoms with E-state index in [4.69, 9.17) is 5.11 Å². The molecule has 2 aromatic heterocycles. The monoisotopic (exact) mass is 313 g/mol. The first-order chi connectivity index (χ1) is 10.6. The van der Waals surface area contributed by atoms with E-state index in [1.54, 1.807) is 25.1 Å². The van der Waals surface area contributed by atoms with E-state index in [0.29, 0.717) is 21.6 Å². The predicted octanol–water partition coefficient (Wildman–Crippen LogP) is 2.35. The van der Waals surface area contributed by atoms with Crippen molar-refractivity contribution in [3.8, 4) is 0 Å². The molecule has 0 radical (unpaired) electrons. The van der Waals surface area contributed by atoms with E-state index in [1.165, 1.54) is 34.4 Å². The van der Waals surface area contributed by atoms with E-state index < -0.39 is 5.97 Å². The smallest absolute Gasteiger partial charge is 0.335 e. The van der Waals surface area contributed by atoms with Gasteiger partial charge in [-0.05, 0) is 36.1 Å². The second-order valence-corrected chi connectivity index (χ2v) is 5.48. The van der Waals surface area contributed by atoms with Crippen LogP contribution in [0.3, 0.4) is 0 Å². The number of hydrogen-bond donors (Lipinski definition) is 1. The van der Waals surface area contributed by atoms with E-state index in [9.17, 15) is 9.59 Å². The van der Waals surface area contributed by atoms with Crippen LogP contribution in [0.4, 0.5) is 0 Å². The molecule has 1 N–H and O–H groups in total. The molecule has 6 nitrogen and oxygen atoms in total. The van der Waals surface area contributed by atoms with Gasteiger partial charge in [-0.3, -0.25) is 4.79 Å². The Hall–Kier alpha value is -2.80. The van der Waals surface area contributed by atoms with E-state index in [2.05, 4.69) is 10.1 Å². The highest BCUT2D eigenvalue weighted by Gasteiger charge is 2.08. The highest BCUT2D eigenvalue weighted by atomic mass is 32.1. The zero-order valence-electron chi connectivity index (χ0n) is 11.6. The molecule has 0 bridgehead atoms. The summed E-state index contributed by atoms with van der Waals surface area (Å²) in [7, 11) is 0. The highest BCUT2D eigenvalue weighted by Crippen LogP contribution is 2.14. The summed E-state index contributed by atoms with van der Waals surface area (Å²) < 4.78 is 1.24. The average Bonchev–Trinajstić information content (AvgIpc) is 2.96. The second kappa shape index (κ2) is 5.53. The third kappa shape index (κ3) is 2.53. The molecule has 0 aliphatic rings. The number of aromatic nitrogens is 2. The number of carbonyl (C=O) groups is 1. The molecule has 0 atom stereocenters. The van der Waals surface area contributed by atoms with Crippen LogP contribution in [0.15, 0.2) is 45.6 Å². The maximum Gasteiger partial charge on any atom is 0.335 e. The number of nitrogens with zero attached hydrogens (tertiary/aromatic N) is 3. The lowest BCUT2D eigenvalue weighted by molar-refractivity contribution is 0.0697. The van der Waals surface area contributed by atoms with Crippen molar-refractivity contribution in [2.24, 2.45) is 5.10 Å². The summed E-state index contributed by atoms with van der Waals surface area (Å²) in [5.41, 5.74) is 0.677. The molecule has 3 aromatic rings. The summed E-state index contributed by atoms with van der Waals surface area (Å²) in [5, 5.41) is 15.4.